The molecule has 0 bridgehead atoms. The van der Waals surface area contributed by atoms with E-state index in [1.165, 1.54) is 167 Å². The van der Waals surface area contributed by atoms with Gasteiger partial charge in [-0.1, -0.05) is 330 Å². The van der Waals surface area contributed by atoms with Crippen LogP contribution in [0.1, 0.15) is 382 Å². The molecule has 0 fully saturated rings. The zero-order chi connectivity index (χ0) is 72.3. The second kappa shape index (κ2) is 68.9. The number of rotatable bonds is 75. The number of hydrogen-bond acceptors (Lipinski definition) is 15. The Hall–Kier alpha value is -2.46. The van der Waals surface area contributed by atoms with E-state index in [1.807, 2.05) is 0 Å². The Labute approximate surface area is 599 Å². The van der Waals surface area contributed by atoms with Crippen molar-refractivity contribution >= 4 is 39.5 Å². The number of unbranched alkanes of at least 4 members (excludes halogenated alkanes) is 40. The summed E-state index contributed by atoms with van der Waals surface area (Å²) in [5.41, 5.74) is 0. The normalized spacial score (nSPS) is 14.2. The van der Waals surface area contributed by atoms with Gasteiger partial charge in [0.1, 0.15) is 19.3 Å². The Morgan fingerprint density at radius 3 is 0.827 bits per heavy atom. The number of allylic oxidation sites excluding steroid dienone is 4. The van der Waals surface area contributed by atoms with Crippen LogP contribution in [0.25, 0.3) is 0 Å². The molecule has 0 aliphatic heterocycles. The van der Waals surface area contributed by atoms with Gasteiger partial charge >= 0.3 is 39.5 Å². The van der Waals surface area contributed by atoms with Crippen molar-refractivity contribution < 1.29 is 80.2 Å². The average Bonchev–Trinajstić information content (AvgIpc) is 1.01. The van der Waals surface area contributed by atoms with Crippen molar-refractivity contribution in [1.82, 2.24) is 0 Å². The fourth-order valence-electron chi connectivity index (χ4n) is 11.6. The quantitative estimate of drug-likeness (QED) is 0.0169. The second-order valence-corrected chi connectivity index (χ2v) is 32.1. The summed E-state index contributed by atoms with van der Waals surface area (Å²) < 4.78 is 68.6. The first-order valence-corrected chi connectivity index (χ1v) is 43.2. The predicted octanol–water partition coefficient (Wildman–Crippen LogP) is 22.9. The minimum atomic E-state index is -4.97. The topological polar surface area (TPSA) is 237 Å². The van der Waals surface area contributed by atoms with Gasteiger partial charge in [-0.3, -0.25) is 37.3 Å². The highest BCUT2D eigenvalue weighted by atomic mass is 31.2. The van der Waals surface area contributed by atoms with Crippen LogP contribution in [-0.2, 0) is 65.4 Å². The first-order chi connectivity index (χ1) is 47.2. The molecule has 3 unspecified atom stereocenters. The molecule has 0 amide bonds. The maximum atomic E-state index is 13.1. The first kappa shape index (κ1) is 95.5. The molecule has 0 spiro atoms. The van der Waals surface area contributed by atoms with Crippen LogP contribution in [0.15, 0.2) is 24.3 Å². The molecular weight excluding hydrogens is 1280 g/mol. The SMILES string of the molecule is CCCCCC/C=C\C=C/CCCCCCCC(=O)OC[C@H](COP(=O)(O)OCC(O)COP(=O)(O)OC[C@@H](COC(=O)CCCCCCCCCC(C)C)OC(=O)CCCCCCCCCCCCCCCC(C)C)OC(=O)CCCCCCCCCCCCCCCCC(C)C. The fraction of sp³-hybridized carbons (Fsp3) is 0.899. The smallest absolute Gasteiger partial charge is 0.462 e. The largest absolute Gasteiger partial charge is 0.472 e. The molecule has 5 atom stereocenters. The van der Waals surface area contributed by atoms with E-state index in [0.29, 0.717) is 31.6 Å². The van der Waals surface area contributed by atoms with E-state index < -0.39 is 97.5 Å². The third-order valence-electron chi connectivity index (χ3n) is 17.8. The lowest BCUT2D eigenvalue weighted by Crippen LogP contribution is -2.30. The third kappa shape index (κ3) is 71.9. The molecule has 0 aromatic carbocycles. The molecule has 0 radical (unpaired) electrons. The molecule has 0 aliphatic carbocycles. The molecule has 3 N–H and O–H groups in total. The van der Waals surface area contributed by atoms with Crippen LogP contribution in [0.2, 0.25) is 0 Å². The van der Waals surface area contributed by atoms with Crippen LogP contribution in [-0.4, -0.2) is 96.7 Å². The van der Waals surface area contributed by atoms with Gasteiger partial charge in [0, 0.05) is 25.7 Å². The number of aliphatic hydroxyl groups is 1. The molecule has 0 saturated carbocycles. The summed E-state index contributed by atoms with van der Waals surface area (Å²) in [6.07, 6.45) is 59.1. The van der Waals surface area contributed by atoms with Crippen molar-refractivity contribution in [2.24, 2.45) is 17.8 Å². The Kier molecular flexibility index (Phi) is 67.2. The summed E-state index contributed by atoms with van der Waals surface area (Å²) in [7, 11) is -9.93. The Balaban J connectivity index is 5.28. The molecule has 578 valence electrons. The molecule has 19 heteroatoms. The Morgan fingerprint density at radius 1 is 0.316 bits per heavy atom. The van der Waals surface area contributed by atoms with E-state index in [-0.39, 0.29) is 25.7 Å². The number of ether oxygens (including phenoxy) is 4. The molecule has 0 aromatic rings. The molecule has 0 aromatic heterocycles. The van der Waals surface area contributed by atoms with Crippen molar-refractivity contribution in [2.45, 2.75) is 401 Å². The van der Waals surface area contributed by atoms with Crippen molar-refractivity contribution in [2.75, 3.05) is 39.6 Å². The van der Waals surface area contributed by atoms with Gasteiger partial charge in [-0.05, 0) is 69.1 Å². The van der Waals surface area contributed by atoms with E-state index in [4.69, 9.17) is 37.0 Å². The second-order valence-electron chi connectivity index (χ2n) is 29.2. The van der Waals surface area contributed by atoms with Crippen LogP contribution < -0.4 is 0 Å². The lowest BCUT2D eigenvalue weighted by Gasteiger charge is -2.21. The summed E-state index contributed by atoms with van der Waals surface area (Å²) in [4.78, 5) is 72.9. The van der Waals surface area contributed by atoms with Gasteiger partial charge in [0.15, 0.2) is 12.2 Å². The first-order valence-electron chi connectivity index (χ1n) is 40.2. The number of phosphoric ester groups is 2. The van der Waals surface area contributed by atoms with E-state index >= 15 is 0 Å². The van der Waals surface area contributed by atoms with E-state index in [1.54, 1.807) is 0 Å². The van der Waals surface area contributed by atoms with Gasteiger partial charge in [-0.2, -0.15) is 0 Å². The standard InChI is InChI=1S/C79H150O17P2/c1-8-9-10-11-12-13-14-15-16-22-27-32-39-46-53-60-76(81)89-66-74(95-78(83)62-55-48-40-33-28-23-18-17-20-25-30-36-43-50-57-70(2)3)68-93-97(85,86)91-64-73(80)65-92-98(87,88)94-69-75(67-90-77(82)61-54-47-42-35-38-45-52-59-72(6)7)96-79(84)63-56-49-41-34-29-24-19-21-26-31-37-44-51-58-71(4)5/h13-16,70-75,80H,8-12,17-69H2,1-7H3,(H,85,86)(H,87,88)/b14-13-,16-15-/t73?,74-,75-/m1/s1. The molecular formula is C79H150O17P2. The van der Waals surface area contributed by atoms with Crippen LogP contribution in [0.3, 0.4) is 0 Å². The van der Waals surface area contributed by atoms with Crippen molar-refractivity contribution in [1.29, 1.82) is 0 Å². The average molecular weight is 1430 g/mol. The summed E-state index contributed by atoms with van der Waals surface area (Å²) >= 11 is 0. The fourth-order valence-corrected chi connectivity index (χ4v) is 13.2. The van der Waals surface area contributed by atoms with E-state index in [0.717, 1.165) is 127 Å². The van der Waals surface area contributed by atoms with Crippen LogP contribution >= 0.6 is 15.6 Å². The molecule has 0 aliphatic rings. The Morgan fingerprint density at radius 2 is 0.551 bits per heavy atom. The molecule has 98 heavy (non-hydrogen) atoms. The number of hydrogen-bond donors (Lipinski definition) is 3. The highest BCUT2D eigenvalue weighted by Gasteiger charge is 2.30. The lowest BCUT2D eigenvalue weighted by atomic mass is 10.0. The van der Waals surface area contributed by atoms with Gasteiger partial charge in [0.2, 0.25) is 0 Å². The maximum Gasteiger partial charge on any atom is 0.472 e. The minimum Gasteiger partial charge on any atom is -0.462 e. The van der Waals surface area contributed by atoms with Crippen molar-refractivity contribution in [3.8, 4) is 0 Å². The highest BCUT2D eigenvalue weighted by molar-refractivity contribution is 7.47. The number of carbonyl (C=O) groups excluding carboxylic acids is 4. The maximum absolute atomic E-state index is 13.1. The van der Waals surface area contributed by atoms with E-state index in [9.17, 15) is 43.2 Å². The van der Waals surface area contributed by atoms with E-state index in [2.05, 4.69) is 72.8 Å². The summed E-state index contributed by atoms with van der Waals surface area (Å²) in [6.45, 7) is 11.8. The summed E-state index contributed by atoms with van der Waals surface area (Å²) in [6, 6.07) is 0. The van der Waals surface area contributed by atoms with Gasteiger partial charge in [0.25, 0.3) is 0 Å². The highest BCUT2D eigenvalue weighted by Crippen LogP contribution is 2.45. The number of carbonyl (C=O) groups is 4. The molecule has 0 saturated heterocycles. The predicted molar refractivity (Wildman–Crippen MR) is 400 cm³/mol. The van der Waals surface area contributed by atoms with Crippen LogP contribution in [0.4, 0.5) is 0 Å². The summed E-state index contributed by atoms with van der Waals surface area (Å²) in [5.74, 6) is 0.137. The monoisotopic (exact) mass is 1430 g/mol. The van der Waals surface area contributed by atoms with Gasteiger partial charge in [0.05, 0.1) is 26.4 Å². The zero-order valence-electron chi connectivity index (χ0n) is 63.7. The number of aliphatic hydroxyl groups excluding tert-OH is 1. The van der Waals surface area contributed by atoms with Gasteiger partial charge < -0.3 is 33.8 Å². The molecule has 0 rings (SSSR count). The van der Waals surface area contributed by atoms with Crippen LogP contribution in [0, 0.1) is 17.8 Å². The van der Waals surface area contributed by atoms with Crippen LogP contribution in [0.5, 0.6) is 0 Å². The molecule has 17 nitrogen and oxygen atoms in total. The Bertz CT molecular complexity index is 2000. The number of esters is 4. The summed E-state index contributed by atoms with van der Waals surface area (Å²) in [5, 5.41) is 10.6. The van der Waals surface area contributed by atoms with Crippen molar-refractivity contribution in [3.05, 3.63) is 24.3 Å². The van der Waals surface area contributed by atoms with Crippen molar-refractivity contribution in [3.63, 3.8) is 0 Å². The molecule has 0 heterocycles. The lowest BCUT2D eigenvalue weighted by molar-refractivity contribution is -0.161. The minimum absolute atomic E-state index is 0.100. The number of phosphoric acid groups is 2. The third-order valence-corrected chi connectivity index (χ3v) is 19.7. The zero-order valence-corrected chi connectivity index (χ0v) is 65.5. The van der Waals surface area contributed by atoms with Gasteiger partial charge in [-0.25, -0.2) is 9.13 Å². The van der Waals surface area contributed by atoms with Gasteiger partial charge in [-0.15, -0.1) is 0 Å².